The highest BCUT2D eigenvalue weighted by Crippen LogP contribution is 2.42. The van der Waals surface area contributed by atoms with Crippen LogP contribution in [0.3, 0.4) is 0 Å². The van der Waals surface area contributed by atoms with E-state index in [4.69, 9.17) is 4.42 Å². The summed E-state index contributed by atoms with van der Waals surface area (Å²) in [4.78, 5) is 0. The number of rotatable bonds is 5. The molecule has 0 unspecified atom stereocenters. The maximum absolute atomic E-state index is 5.29. The zero-order valence-electron chi connectivity index (χ0n) is 9.25. The van der Waals surface area contributed by atoms with E-state index >= 15 is 0 Å². The normalized spacial score (nSPS) is 18.8. The van der Waals surface area contributed by atoms with E-state index in [-0.39, 0.29) is 0 Å². The second-order valence-corrected chi connectivity index (χ2v) is 5.33. The van der Waals surface area contributed by atoms with Crippen LogP contribution in [0.1, 0.15) is 31.0 Å². The molecule has 1 aromatic rings. The quantitative estimate of drug-likeness (QED) is 0.830. The van der Waals surface area contributed by atoms with Crippen LogP contribution < -0.4 is 5.32 Å². The molecule has 5 heteroatoms. The number of hydrogen-bond acceptors (Lipinski definition) is 5. The van der Waals surface area contributed by atoms with Crippen LogP contribution >= 0.6 is 11.8 Å². The highest BCUT2D eigenvalue weighted by Gasteiger charge is 2.35. The minimum Gasteiger partial charge on any atom is -0.424 e. The molecule has 0 amide bonds. The van der Waals surface area contributed by atoms with Gasteiger partial charge in [-0.3, -0.25) is 0 Å². The van der Waals surface area contributed by atoms with Crippen molar-refractivity contribution in [2.75, 3.05) is 12.8 Å². The fraction of sp³-hybridized carbons (Fsp3) is 0.800. The van der Waals surface area contributed by atoms with Gasteiger partial charge < -0.3 is 9.73 Å². The third kappa shape index (κ3) is 2.52. The minimum absolute atomic E-state index is 0.467. The second kappa shape index (κ2) is 4.53. The first-order valence-electron chi connectivity index (χ1n) is 5.29. The van der Waals surface area contributed by atoms with Gasteiger partial charge in [-0.25, -0.2) is 0 Å². The van der Waals surface area contributed by atoms with Gasteiger partial charge in [-0.1, -0.05) is 6.42 Å². The average molecular weight is 227 g/mol. The van der Waals surface area contributed by atoms with Crippen molar-refractivity contribution in [3.63, 3.8) is 0 Å². The molecule has 1 saturated carbocycles. The van der Waals surface area contributed by atoms with Gasteiger partial charge in [0.15, 0.2) is 0 Å². The zero-order chi connectivity index (χ0) is 10.7. The SMILES string of the molecule is CSC1(CNCc2nnc(C)o2)CCC1. The highest BCUT2D eigenvalue weighted by atomic mass is 32.2. The van der Waals surface area contributed by atoms with Crippen LogP contribution in [-0.2, 0) is 6.54 Å². The number of thioether (sulfide) groups is 1. The maximum atomic E-state index is 5.29. The molecule has 0 bridgehead atoms. The number of aryl methyl sites for hydroxylation is 1. The zero-order valence-corrected chi connectivity index (χ0v) is 10.1. The Morgan fingerprint density at radius 1 is 1.47 bits per heavy atom. The molecule has 1 aliphatic carbocycles. The second-order valence-electron chi connectivity index (χ2n) is 4.06. The van der Waals surface area contributed by atoms with Gasteiger partial charge in [0, 0.05) is 18.2 Å². The van der Waals surface area contributed by atoms with Gasteiger partial charge >= 0.3 is 0 Å². The molecule has 0 aliphatic heterocycles. The first-order chi connectivity index (χ1) is 7.24. The molecule has 1 N–H and O–H groups in total. The lowest BCUT2D eigenvalue weighted by molar-refractivity contribution is 0.337. The molecule has 15 heavy (non-hydrogen) atoms. The Morgan fingerprint density at radius 2 is 2.27 bits per heavy atom. The maximum Gasteiger partial charge on any atom is 0.230 e. The number of aromatic nitrogens is 2. The Balaban J connectivity index is 1.74. The summed E-state index contributed by atoms with van der Waals surface area (Å²) in [6, 6.07) is 0. The molecule has 1 aliphatic rings. The van der Waals surface area contributed by atoms with Gasteiger partial charge in [-0.15, -0.1) is 10.2 Å². The first kappa shape index (κ1) is 11.0. The van der Waals surface area contributed by atoms with Crippen LogP contribution in [0, 0.1) is 6.92 Å². The molecule has 0 aromatic carbocycles. The lowest BCUT2D eigenvalue weighted by Gasteiger charge is -2.40. The van der Waals surface area contributed by atoms with E-state index in [1.54, 1.807) is 0 Å². The topological polar surface area (TPSA) is 51.0 Å². The monoisotopic (exact) mass is 227 g/mol. The summed E-state index contributed by atoms with van der Waals surface area (Å²) in [6.45, 7) is 3.53. The van der Waals surface area contributed by atoms with E-state index in [2.05, 4.69) is 21.8 Å². The van der Waals surface area contributed by atoms with Gasteiger partial charge in [0.1, 0.15) is 0 Å². The van der Waals surface area contributed by atoms with E-state index < -0.39 is 0 Å². The Labute approximate surface area is 94.2 Å². The fourth-order valence-corrected chi connectivity index (χ4v) is 2.77. The van der Waals surface area contributed by atoms with Crippen LogP contribution in [0.2, 0.25) is 0 Å². The van der Waals surface area contributed by atoms with Crippen LogP contribution in [0.25, 0.3) is 0 Å². The molecule has 0 saturated heterocycles. The van der Waals surface area contributed by atoms with Gasteiger partial charge in [0.2, 0.25) is 11.8 Å². The molecule has 1 aromatic heterocycles. The van der Waals surface area contributed by atoms with Crippen LogP contribution in [0.15, 0.2) is 4.42 Å². The summed E-state index contributed by atoms with van der Waals surface area (Å²) in [5.74, 6) is 1.32. The summed E-state index contributed by atoms with van der Waals surface area (Å²) >= 11 is 1.97. The van der Waals surface area contributed by atoms with E-state index in [0.29, 0.717) is 23.1 Å². The Kier molecular flexibility index (Phi) is 3.31. The third-order valence-corrected chi connectivity index (χ3v) is 4.41. The van der Waals surface area contributed by atoms with Crippen LogP contribution in [-0.4, -0.2) is 27.7 Å². The van der Waals surface area contributed by atoms with E-state index in [0.717, 1.165) is 6.54 Å². The molecule has 0 spiro atoms. The van der Waals surface area contributed by atoms with Crippen molar-refractivity contribution in [2.45, 2.75) is 37.5 Å². The smallest absolute Gasteiger partial charge is 0.230 e. The number of hydrogen-bond donors (Lipinski definition) is 1. The summed E-state index contributed by atoms with van der Waals surface area (Å²) in [5, 5.41) is 11.1. The average Bonchev–Trinajstić information content (AvgIpc) is 2.56. The van der Waals surface area contributed by atoms with Crippen molar-refractivity contribution >= 4 is 11.8 Å². The summed E-state index contributed by atoms with van der Waals surface area (Å²) in [7, 11) is 0. The largest absolute Gasteiger partial charge is 0.424 e. The van der Waals surface area contributed by atoms with Crippen molar-refractivity contribution < 1.29 is 4.42 Å². The number of nitrogens with one attached hydrogen (secondary N) is 1. The lowest BCUT2D eigenvalue weighted by Crippen LogP contribution is -2.43. The summed E-state index contributed by atoms with van der Waals surface area (Å²) in [6.07, 6.45) is 6.20. The molecule has 4 nitrogen and oxygen atoms in total. The molecule has 2 rings (SSSR count). The van der Waals surface area contributed by atoms with Crippen molar-refractivity contribution in [3.05, 3.63) is 11.8 Å². The Hall–Kier alpha value is -0.550. The summed E-state index contributed by atoms with van der Waals surface area (Å²) < 4.78 is 5.76. The van der Waals surface area contributed by atoms with Crippen molar-refractivity contribution in [1.82, 2.24) is 15.5 Å². The lowest BCUT2D eigenvalue weighted by atomic mass is 9.84. The Bertz CT molecular complexity index is 317. The van der Waals surface area contributed by atoms with E-state index in [9.17, 15) is 0 Å². The van der Waals surface area contributed by atoms with Crippen molar-refractivity contribution in [1.29, 1.82) is 0 Å². The predicted octanol–water partition coefficient (Wildman–Crippen LogP) is 1.75. The van der Waals surface area contributed by atoms with E-state index in [1.807, 2.05) is 18.7 Å². The molecule has 1 heterocycles. The predicted molar refractivity (Wildman–Crippen MR) is 60.8 cm³/mol. The highest BCUT2D eigenvalue weighted by molar-refractivity contribution is 8.00. The van der Waals surface area contributed by atoms with Crippen LogP contribution in [0.4, 0.5) is 0 Å². The Morgan fingerprint density at radius 3 is 2.73 bits per heavy atom. The minimum atomic E-state index is 0.467. The van der Waals surface area contributed by atoms with Gasteiger partial charge in [0.05, 0.1) is 6.54 Å². The standard InChI is InChI=1S/C10H17N3OS/c1-8-12-13-9(14-8)6-11-7-10(15-2)4-3-5-10/h11H,3-7H2,1-2H3. The van der Waals surface area contributed by atoms with Crippen LogP contribution in [0.5, 0.6) is 0 Å². The molecular weight excluding hydrogens is 210 g/mol. The van der Waals surface area contributed by atoms with Crippen molar-refractivity contribution in [2.24, 2.45) is 0 Å². The molecule has 84 valence electrons. The third-order valence-electron chi connectivity index (χ3n) is 2.99. The first-order valence-corrected chi connectivity index (χ1v) is 6.51. The summed E-state index contributed by atoms with van der Waals surface area (Å²) in [5.41, 5.74) is 0. The molecule has 0 radical (unpaired) electrons. The van der Waals surface area contributed by atoms with Gasteiger partial charge in [-0.05, 0) is 19.1 Å². The molecular formula is C10H17N3OS. The number of nitrogens with zero attached hydrogens (tertiary/aromatic N) is 2. The van der Waals surface area contributed by atoms with Gasteiger partial charge in [-0.2, -0.15) is 11.8 Å². The van der Waals surface area contributed by atoms with E-state index in [1.165, 1.54) is 19.3 Å². The molecule has 0 atom stereocenters. The van der Waals surface area contributed by atoms with Gasteiger partial charge in [0.25, 0.3) is 0 Å². The van der Waals surface area contributed by atoms with Crippen molar-refractivity contribution in [3.8, 4) is 0 Å². The molecule has 1 fully saturated rings. The fourth-order valence-electron chi connectivity index (χ4n) is 1.83.